The van der Waals surface area contributed by atoms with Crippen LogP contribution in [0.1, 0.15) is 12.0 Å². The van der Waals surface area contributed by atoms with Gasteiger partial charge in [-0.3, -0.25) is 19.7 Å². The molecule has 4 atom stereocenters. The Morgan fingerprint density at radius 1 is 1.29 bits per heavy atom. The molecule has 0 spiro atoms. The van der Waals surface area contributed by atoms with Gasteiger partial charge in [-0.15, -0.1) is 0 Å². The molecule has 2 amide bonds. The number of nitro benzene ring substituents is 1. The van der Waals surface area contributed by atoms with Crippen LogP contribution in [0.25, 0.3) is 0 Å². The molecule has 0 aromatic heterocycles. The number of fused-ring (bicyclic) bond motifs is 5. The number of carbonyl (C=O) groups excluding carboxylic acids is 2. The summed E-state index contributed by atoms with van der Waals surface area (Å²) >= 11 is 3.23. The largest absolute Gasteiger partial charge is 0.482 e. The van der Waals surface area contributed by atoms with E-state index in [9.17, 15) is 19.7 Å². The van der Waals surface area contributed by atoms with Crippen LogP contribution < -0.4 is 4.74 Å². The molecule has 0 radical (unpaired) electrons. The number of amides is 2. The zero-order chi connectivity index (χ0) is 20.0. The highest BCUT2D eigenvalue weighted by Crippen LogP contribution is 2.52. The summed E-state index contributed by atoms with van der Waals surface area (Å²) in [6, 6.07) is 2.89. The first-order chi connectivity index (χ1) is 13.4. The van der Waals surface area contributed by atoms with E-state index >= 15 is 0 Å². The molecule has 1 saturated carbocycles. The van der Waals surface area contributed by atoms with E-state index < -0.39 is 4.92 Å². The Bertz CT molecular complexity index is 927. The van der Waals surface area contributed by atoms with Crippen LogP contribution in [0.3, 0.4) is 0 Å². The highest BCUT2D eigenvalue weighted by Gasteiger charge is 2.59. The van der Waals surface area contributed by atoms with Gasteiger partial charge in [0.15, 0.2) is 0 Å². The lowest BCUT2D eigenvalue weighted by Gasteiger charge is -2.13. The third-order valence-corrected chi connectivity index (χ3v) is 5.82. The Hall–Kier alpha value is -2.81. The van der Waals surface area contributed by atoms with Crippen LogP contribution in [-0.2, 0) is 9.59 Å². The van der Waals surface area contributed by atoms with E-state index in [-0.39, 0.29) is 59.1 Å². The minimum atomic E-state index is -0.569. The summed E-state index contributed by atoms with van der Waals surface area (Å²) in [5, 5.41) is 16.3. The SMILES string of the molecule is C=CCOc1c(C=NN2C(=O)C3C4C=CC(C4)C3C2=O)cc(Br)cc1[N+](=O)[O-]. The van der Waals surface area contributed by atoms with Gasteiger partial charge in [0.05, 0.1) is 23.0 Å². The van der Waals surface area contributed by atoms with Crippen LogP contribution in [0.5, 0.6) is 5.75 Å². The molecular formula is C19H16BrN3O5. The zero-order valence-corrected chi connectivity index (χ0v) is 16.2. The Balaban J connectivity index is 1.66. The molecule has 0 N–H and O–H groups in total. The van der Waals surface area contributed by atoms with E-state index in [1.165, 1.54) is 18.4 Å². The molecule has 8 nitrogen and oxygen atoms in total. The van der Waals surface area contributed by atoms with Gasteiger partial charge in [0, 0.05) is 16.1 Å². The second kappa shape index (κ2) is 6.97. The van der Waals surface area contributed by atoms with Gasteiger partial charge in [-0.25, -0.2) is 0 Å². The fourth-order valence-corrected chi connectivity index (χ4v) is 4.71. The summed E-state index contributed by atoms with van der Waals surface area (Å²) in [5.41, 5.74) is 0.0255. The lowest BCUT2D eigenvalue weighted by Crippen LogP contribution is -2.28. The van der Waals surface area contributed by atoms with E-state index in [1.54, 1.807) is 6.07 Å². The molecular weight excluding hydrogens is 430 g/mol. The molecule has 2 fully saturated rings. The quantitative estimate of drug-likeness (QED) is 0.220. The maximum Gasteiger partial charge on any atom is 0.312 e. The van der Waals surface area contributed by atoms with Crippen LogP contribution in [-0.4, -0.2) is 34.6 Å². The highest BCUT2D eigenvalue weighted by molar-refractivity contribution is 9.10. The molecule has 4 unspecified atom stereocenters. The molecule has 1 heterocycles. The number of benzene rings is 1. The number of nitrogens with zero attached hydrogens (tertiary/aromatic N) is 3. The number of rotatable bonds is 6. The number of carbonyl (C=O) groups is 2. The molecule has 28 heavy (non-hydrogen) atoms. The first kappa shape index (κ1) is 18.5. The van der Waals surface area contributed by atoms with E-state index in [0.29, 0.717) is 4.47 Å². The van der Waals surface area contributed by atoms with Crippen LogP contribution in [0.15, 0.2) is 46.5 Å². The van der Waals surface area contributed by atoms with E-state index in [1.807, 2.05) is 12.2 Å². The minimum absolute atomic E-state index is 0.00197. The van der Waals surface area contributed by atoms with Crippen molar-refractivity contribution in [2.75, 3.05) is 6.61 Å². The molecule has 1 aliphatic heterocycles. The van der Waals surface area contributed by atoms with Gasteiger partial charge in [-0.05, 0) is 24.3 Å². The minimum Gasteiger partial charge on any atom is -0.482 e. The number of hydrogen-bond acceptors (Lipinski definition) is 6. The molecule has 144 valence electrons. The maximum absolute atomic E-state index is 12.7. The molecule has 3 aliphatic rings. The van der Waals surface area contributed by atoms with Gasteiger partial charge < -0.3 is 4.74 Å². The van der Waals surface area contributed by atoms with Crippen molar-refractivity contribution in [2.45, 2.75) is 6.42 Å². The highest BCUT2D eigenvalue weighted by atomic mass is 79.9. The number of hydrogen-bond donors (Lipinski definition) is 0. The predicted molar refractivity (Wildman–Crippen MR) is 104 cm³/mol. The van der Waals surface area contributed by atoms with Crippen LogP contribution in [0, 0.1) is 33.8 Å². The summed E-state index contributed by atoms with van der Waals surface area (Å²) in [6.07, 6.45) is 7.56. The third kappa shape index (κ3) is 2.86. The third-order valence-electron chi connectivity index (χ3n) is 5.36. The van der Waals surface area contributed by atoms with E-state index in [4.69, 9.17) is 4.74 Å². The second-order valence-corrected chi connectivity index (χ2v) is 7.85. The van der Waals surface area contributed by atoms with Crippen molar-refractivity contribution in [1.29, 1.82) is 0 Å². The van der Waals surface area contributed by atoms with Gasteiger partial charge in [0.2, 0.25) is 5.75 Å². The first-order valence-electron chi connectivity index (χ1n) is 8.74. The summed E-state index contributed by atoms with van der Waals surface area (Å²) in [7, 11) is 0. The smallest absolute Gasteiger partial charge is 0.312 e. The van der Waals surface area contributed by atoms with Gasteiger partial charge in [-0.2, -0.15) is 10.1 Å². The summed E-state index contributed by atoms with van der Waals surface area (Å²) in [6.45, 7) is 3.60. The van der Waals surface area contributed by atoms with Crippen molar-refractivity contribution >= 4 is 39.6 Å². The van der Waals surface area contributed by atoms with Crippen molar-refractivity contribution in [3.63, 3.8) is 0 Å². The summed E-state index contributed by atoms with van der Waals surface area (Å²) < 4.78 is 5.90. The molecule has 4 rings (SSSR count). The average Bonchev–Trinajstić information content (AvgIpc) is 3.33. The maximum atomic E-state index is 12.7. The fourth-order valence-electron chi connectivity index (χ4n) is 4.25. The topological polar surface area (TPSA) is 102 Å². The van der Waals surface area contributed by atoms with Gasteiger partial charge >= 0.3 is 5.69 Å². The first-order valence-corrected chi connectivity index (χ1v) is 9.53. The molecule has 1 saturated heterocycles. The normalized spacial score (nSPS) is 27.7. The lowest BCUT2D eigenvalue weighted by molar-refractivity contribution is -0.385. The van der Waals surface area contributed by atoms with Crippen molar-refractivity contribution in [3.8, 4) is 5.75 Å². The molecule has 2 bridgehead atoms. The number of halogens is 1. The number of hydrazone groups is 1. The summed E-state index contributed by atoms with van der Waals surface area (Å²) in [4.78, 5) is 36.2. The monoisotopic (exact) mass is 445 g/mol. The number of ether oxygens (including phenoxy) is 1. The summed E-state index contributed by atoms with van der Waals surface area (Å²) in [5.74, 6) is -1.17. The Labute approximate surface area is 168 Å². The number of nitro groups is 1. The van der Waals surface area contributed by atoms with Crippen LogP contribution >= 0.6 is 15.9 Å². The van der Waals surface area contributed by atoms with Crippen LogP contribution in [0.2, 0.25) is 0 Å². The zero-order valence-electron chi connectivity index (χ0n) is 14.7. The molecule has 1 aromatic rings. The second-order valence-electron chi connectivity index (χ2n) is 6.93. The van der Waals surface area contributed by atoms with Gasteiger partial charge in [0.25, 0.3) is 11.8 Å². The number of imide groups is 1. The van der Waals surface area contributed by atoms with Crippen molar-refractivity contribution in [2.24, 2.45) is 28.8 Å². The van der Waals surface area contributed by atoms with Crippen molar-refractivity contribution < 1.29 is 19.2 Å². The van der Waals surface area contributed by atoms with Crippen molar-refractivity contribution in [3.05, 3.63) is 57.1 Å². The predicted octanol–water partition coefficient (Wildman–Crippen LogP) is 3.06. The average molecular weight is 446 g/mol. The van der Waals surface area contributed by atoms with Gasteiger partial charge in [0.1, 0.15) is 6.61 Å². The Morgan fingerprint density at radius 3 is 2.50 bits per heavy atom. The van der Waals surface area contributed by atoms with Crippen LogP contribution in [0.4, 0.5) is 5.69 Å². The number of allylic oxidation sites excluding steroid dienone is 2. The van der Waals surface area contributed by atoms with E-state index in [0.717, 1.165) is 11.4 Å². The molecule has 9 heteroatoms. The Morgan fingerprint density at radius 2 is 1.93 bits per heavy atom. The fraction of sp³-hybridized carbons (Fsp3) is 0.316. The van der Waals surface area contributed by atoms with Crippen molar-refractivity contribution in [1.82, 2.24) is 5.01 Å². The molecule has 1 aromatic carbocycles. The Kier molecular flexibility index (Phi) is 4.62. The van der Waals surface area contributed by atoms with Gasteiger partial charge in [-0.1, -0.05) is 40.7 Å². The standard InChI is InChI=1S/C19H16BrN3O5/c1-2-5-28-17-12(7-13(20)8-14(17)23(26)27)9-21-22-18(24)15-10-3-4-11(6-10)16(15)19(22)25/h2-4,7-11,15-16H,1,5-6H2. The molecule has 2 aliphatic carbocycles. The lowest BCUT2D eigenvalue weighted by atomic mass is 9.85. The van der Waals surface area contributed by atoms with E-state index in [2.05, 4.69) is 27.6 Å².